The fourth-order valence-corrected chi connectivity index (χ4v) is 3.96. The standard InChI is InChI=1S/C26H27N3O6/c1-28-20-10-8-16(13-21(20)29(2)26(28)33)22(30)15-35-23-7-5-4-6-18(23)14-27-19-12-17(25(31)32)9-11-24(19)34-3/h4-13,22,27,30H,14-15H2,1-3H3,(H,31,32). The van der Waals surface area contributed by atoms with Crippen LogP contribution in [-0.2, 0) is 20.6 Å². The van der Waals surface area contributed by atoms with Crippen molar-refractivity contribution in [2.24, 2.45) is 14.1 Å². The number of carboxylic acids is 1. The van der Waals surface area contributed by atoms with Gasteiger partial charge >= 0.3 is 11.7 Å². The minimum Gasteiger partial charge on any atom is -0.495 e. The molecule has 0 spiro atoms. The van der Waals surface area contributed by atoms with Crippen LogP contribution in [0.2, 0.25) is 0 Å². The second-order valence-electron chi connectivity index (χ2n) is 8.16. The molecule has 35 heavy (non-hydrogen) atoms. The first-order chi connectivity index (χ1) is 16.8. The molecule has 4 aromatic rings. The van der Waals surface area contributed by atoms with Crippen LogP contribution in [0.1, 0.15) is 27.6 Å². The second kappa shape index (κ2) is 9.94. The number of fused-ring (bicyclic) bond motifs is 1. The Morgan fingerprint density at radius 2 is 1.74 bits per heavy atom. The minimum atomic E-state index is -1.03. The Morgan fingerprint density at radius 1 is 1.00 bits per heavy atom. The summed E-state index contributed by atoms with van der Waals surface area (Å²) in [5.41, 5.74) is 3.55. The van der Waals surface area contributed by atoms with Crippen molar-refractivity contribution >= 4 is 22.7 Å². The highest BCUT2D eigenvalue weighted by molar-refractivity contribution is 5.89. The van der Waals surface area contributed by atoms with Crippen LogP contribution in [-0.4, -0.2) is 39.0 Å². The average molecular weight is 478 g/mol. The molecular formula is C26H27N3O6. The number of carboxylic acid groups (broad SMARTS) is 1. The molecule has 1 unspecified atom stereocenters. The van der Waals surface area contributed by atoms with Crippen LogP contribution < -0.4 is 20.5 Å². The molecule has 3 aromatic carbocycles. The van der Waals surface area contributed by atoms with Crippen LogP contribution in [0.15, 0.2) is 65.5 Å². The van der Waals surface area contributed by atoms with Crippen molar-refractivity contribution in [3.63, 3.8) is 0 Å². The van der Waals surface area contributed by atoms with E-state index in [2.05, 4.69) is 5.32 Å². The molecule has 1 heterocycles. The Labute approximate surface area is 201 Å². The third-order valence-corrected chi connectivity index (χ3v) is 5.97. The zero-order valence-corrected chi connectivity index (χ0v) is 19.7. The Kier molecular flexibility index (Phi) is 6.79. The Balaban J connectivity index is 1.48. The quantitative estimate of drug-likeness (QED) is 0.339. The molecule has 4 rings (SSSR count). The molecule has 182 valence electrons. The number of hydrogen-bond acceptors (Lipinski definition) is 6. The molecule has 0 aliphatic rings. The number of para-hydroxylation sites is 1. The first kappa shape index (κ1) is 23.9. The first-order valence-corrected chi connectivity index (χ1v) is 11.0. The van der Waals surface area contributed by atoms with Gasteiger partial charge in [0, 0.05) is 26.2 Å². The predicted molar refractivity (Wildman–Crippen MR) is 132 cm³/mol. The van der Waals surface area contributed by atoms with Crippen LogP contribution in [0.25, 0.3) is 11.0 Å². The van der Waals surface area contributed by atoms with Gasteiger partial charge in [0.25, 0.3) is 0 Å². The highest BCUT2D eigenvalue weighted by Gasteiger charge is 2.15. The van der Waals surface area contributed by atoms with E-state index in [0.29, 0.717) is 29.3 Å². The first-order valence-electron chi connectivity index (χ1n) is 11.0. The van der Waals surface area contributed by atoms with E-state index >= 15 is 0 Å². The summed E-state index contributed by atoms with van der Waals surface area (Å²) >= 11 is 0. The molecule has 1 atom stereocenters. The van der Waals surface area contributed by atoms with Crippen LogP contribution in [0.3, 0.4) is 0 Å². The van der Waals surface area contributed by atoms with Gasteiger partial charge in [-0.05, 0) is 42.0 Å². The van der Waals surface area contributed by atoms with Gasteiger partial charge in [-0.25, -0.2) is 9.59 Å². The van der Waals surface area contributed by atoms with E-state index in [1.54, 1.807) is 47.5 Å². The van der Waals surface area contributed by atoms with Crippen molar-refractivity contribution in [2.75, 3.05) is 19.0 Å². The summed E-state index contributed by atoms with van der Waals surface area (Å²) in [5.74, 6) is 0.0808. The number of aryl methyl sites for hydroxylation is 2. The number of aromatic nitrogens is 2. The predicted octanol–water partition coefficient (Wildman–Crippen LogP) is 3.31. The molecule has 0 amide bonds. The topological polar surface area (TPSA) is 115 Å². The number of hydrogen-bond donors (Lipinski definition) is 3. The number of nitrogens with one attached hydrogen (secondary N) is 1. The van der Waals surface area contributed by atoms with Crippen LogP contribution in [0, 0.1) is 0 Å². The lowest BCUT2D eigenvalue weighted by Crippen LogP contribution is -2.19. The zero-order chi connectivity index (χ0) is 25.1. The van der Waals surface area contributed by atoms with E-state index in [9.17, 15) is 19.8 Å². The second-order valence-corrected chi connectivity index (χ2v) is 8.16. The van der Waals surface area contributed by atoms with E-state index < -0.39 is 12.1 Å². The van der Waals surface area contributed by atoms with Gasteiger partial charge in [0.15, 0.2) is 0 Å². The number of carbonyl (C=O) groups is 1. The summed E-state index contributed by atoms with van der Waals surface area (Å²) < 4.78 is 14.4. The van der Waals surface area contributed by atoms with Gasteiger partial charge in [0.2, 0.25) is 0 Å². The molecule has 1 aromatic heterocycles. The summed E-state index contributed by atoms with van der Waals surface area (Å²) in [6, 6.07) is 17.4. The Hall–Kier alpha value is -4.24. The number of methoxy groups -OCH3 is 1. The lowest BCUT2D eigenvalue weighted by atomic mass is 10.1. The normalized spacial score (nSPS) is 11.9. The average Bonchev–Trinajstić information content (AvgIpc) is 3.09. The summed E-state index contributed by atoms with van der Waals surface area (Å²) in [7, 11) is 4.92. The maximum absolute atomic E-state index is 12.2. The Bertz CT molecular complexity index is 1440. The number of benzene rings is 3. The number of aliphatic hydroxyl groups excluding tert-OH is 1. The lowest BCUT2D eigenvalue weighted by Gasteiger charge is -2.17. The number of ether oxygens (including phenoxy) is 2. The molecule has 3 N–H and O–H groups in total. The number of rotatable bonds is 9. The molecule has 0 aliphatic carbocycles. The van der Waals surface area contributed by atoms with Crippen LogP contribution in [0.5, 0.6) is 11.5 Å². The largest absolute Gasteiger partial charge is 0.495 e. The van der Waals surface area contributed by atoms with E-state index in [-0.39, 0.29) is 17.9 Å². The molecule has 0 saturated carbocycles. The molecule has 0 radical (unpaired) electrons. The Morgan fingerprint density at radius 3 is 2.49 bits per heavy atom. The van der Waals surface area contributed by atoms with Gasteiger partial charge < -0.3 is 25.0 Å². The maximum Gasteiger partial charge on any atom is 0.335 e. The lowest BCUT2D eigenvalue weighted by molar-refractivity contribution is 0.0697. The van der Waals surface area contributed by atoms with Crippen molar-refractivity contribution in [1.82, 2.24) is 9.13 Å². The number of aliphatic hydroxyl groups is 1. The summed E-state index contributed by atoms with van der Waals surface area (Å²) in [6.45, 7) is 0.366. The third-order valence-electron chi connectivity index (χ3n) is 5.97. The molecule has 0 fully saturated rings. The maximum atomic E-state index is 12.2. The molecule has 9 nitrogen and oxygen atoms in total. The zero-order valence-electron chi connectivity index (χ0n) is 19.7. The van der Waals surface area contributed by atoms with Crippen molar-refractivity contribution in [2.45, 2.75) is 12.6 Å². The van der Waals surface area contributed by atoms with Crippen molar-refractivity contribution in [3.05, 3.63) is 87.8 Å². The van der Waals surface area contributed by atoms with E-state index in [0.717, 1.165) is 16.6 Å². The highest BCUT2D eigenvalue weighted by atomic mass is 16.5. The van der Waals surface area contributed by atoms with Crippen molar-refractivity contribution in [1.29, 1.82) is 0 Å². The highest BCUT2D eigenvalue weighted by Crippen LogP contribution is 2.28. The molecular weight excluding hydrogens is 450 g/mol. The van der Waals surface area contributed by atoms with E-state index in [1.165, 1.54) is 19.2 Å². The van der Waals surface area contributed by atoms with E-state index in [1.807, 2.05) is 24.3 Å². The molecule has 0 aliphatic heterocycles. The minimum absolute atomic E-state index is 0.0150. The van der Waals surface area contributed by atoms with Gasteiger partial charge in [0.1, 0.15) is 24.2 Å². The number of imidazole rings is 1. The van der Waals surface area contributed by atoms with E-state index in [4.69, 9.17) is 9.47 Å². The monoisotopic (exact) mass is 477 g/mol. The smallest absolute Gasteiger partial charge is 0.335 e. The van der Waals surface area contributed by atoms with Gasteiger partial charge in [-0.3, -0.25) is 9.13 Å². The van der Waals surface area contributed by atoms with Crippen molar-refractivity contribution < 1.29 is 24.5 Å². The number of nitrogens with zero attached hydrogens (tertiary/aromatic N) is 2. The summed E-state index contributed by atoms with van der Waals surface area (Å²) in [4.78, 5) is 23.5. The van der Waals surface area contributed by atoms with Gasteiger partial charge in [-0.1, -0.05) is 24.3 Å². The molecule has 9 heteroatoms. The van der Waals surface area contributed by atoms with Crippen LogP contribution >= 0.6 is 0 Å². The van der Waals surface area contributed by atoms with Gasteiger partial charge in [-0.15, -0.1) is 0 Å². The number of anilines is 1. The number of aromatic carboxylic acids is 1. The SMILES string of the molecule is COc1ccc(C(=O)O)cc1NCc1ccccc1OCC(O)c1ccc2c(c1)n(C)c(=O)n2C. The molecule has 0 bridgehead atoms. The van der Waals surface area contributed by atoms with Crippen molar-refractivity contribution in [3.8, 4) is 11.5 Å². The third kappa shape index (κ3) is 4.85. The molecule has 0 saturated heterocycles. The summed E-state index contributed by atoms with van der Waals surface area (Å²) in [6.07, 6.45) is -0.900. The van der Waals surface area contributed by atoms with Gasteiger partial charge in [-0.2, -0.15) is 0 Å². The van der Waals surface area contributed by atoms with Gasteiger partial charge in [0.05, 0.1) is 29.4 Å². The fourth-order valence-electron chi connectivity index (χ4n) is 3.96. The van der Waals surface area contributed by atoms with Crippen LogP contribution in [0.4, 0.5) is 5.69 Å². The summed E-state index contributed by atoms with van der Waals surface area (Å²) in [5, 5.41) is 23.2. The fraction of sp³-hybridized carbons (Fsp3) is 0.231.